The van der Waals surface area contributed by atoms with Crippen LogP contribution in [0.2, 0.25) is 5.02 Å². The average Bonchev–Trinajstić information content (AvgIpc) is 3.48. The van der Waals surface area contributed by atoms with Crippen molar-refractivity contribution in [1.29, 1.82) is 0 Å². The lowest BCUT2D eigenvalue weighted by Gasteiger charge is -2.13. The van der Waals surface area contributed by atoms with Crippen LogP contribution in [-0.2, 0) is 4.79 Å². The van der Waals surface area contributed by atoms with Crippen molar-refractivity contribution in [3.63, 3.8) is 0 Å². The quantitative estimate of drug-likeness (QED) is 0.182. The van der Waals surface area contributed by atoms with Crippen molar-refractivity contribution in [2.75, 3.05) is 32.1 Å². The monoisotopic (exact) mass is 551 g/mol. The van der Waals surface area contributed by atoms with Crippen LogP contribution in [-0.4, -0.2) is 43.7 Å². The molecule has 7 nitrogen and oxygen atoms in total. The molecule has 0 radical (unpaired) electrons. The van der Waals surface area contributed by atoms with Crippen LogP contribution in [0, 0.1) is 0 Å². The Morgan fingerprint density at radius 1 is 1.00 bits per heavy atom. The molecule has 0 saturated heterocycles. The number of ether oxygens (including phenoxy) is 3. The molecule has 1 aromatic heterocycles. The summed E-state index contributed by atoms with van der Waals surface area (Å²) in [5, 5.41) is 7.28. The lowest BCUT2D eigenvalue weighted by Crippen LogP contribution is -2.21. The minimum atomic E-state index is -0.250. The molecule has 5 rings (SSSR count). The minimum absolute atomic E-state index is 0.250. The smallest absolute Gasteiger partial charge is 0.282 e. The lowest BCUT2D eigenvalue weighted by atomic mass is 10.1. The maximum atomic E-state index is 13.7. The molecule has 3 aromatic carbocycles. The number of rotatable bonds is 8. The Bertz CT molecular complexity index is 1470. The minimum Gasteiger partial charge on any atom is -0.493 e. The third-order valence-electron chi connectivity index (χ3n) is 5.61. The van der Waals surface area contributed by atoms with E-state index in [-0.39, 0.29) is 5.91 Å². The molecule has 2 heterocycles. The highest BCUT2D eigenvalue weighted by molar-refractivity contribution is 8.00. The second-order valence-electron chi connectivity index (χ2n) is 7.89. The molecule has 1 aliphatic rings. The number of amides is 1. The van der Waals surface area contributed by atoms with Crippen molar-refractivity contribution < 1.29 is 19.0 Å². The van der Waals surface area contributed by atoms with Crippen molar-refractivity contribution in [3.8, 4) is 17.2 Å². The highest BCUT2D eigenvalue weighted by Gasteiger charge is 2.33. The Balaban J connectivity index is 1.54. The van der Waals surface area contributed by atoms with Crippen LogP contribution in [0.1, 0.15) is 5.56 Å². The van der Waals surface area contributed by atoms with Gasteiger partial charge in [-0.3, -0.25) is 4.79 Å². The number of carbonyl (C=O) groups is 1. The van der Waals surface area contributed by atoms with E-state index in [4.69, 9.17) is 30.9 Å². The average molecular weight is 552 g/mol. The van der Waals surface area contributed by atoms with Gasteiger partial charge in [-0.05, 0) is 60.2 Å². The number of hydrogen-bond acceptors (Lipinski definition) is 8. The first-order valence-electron chi connectivity index (χ1n) is 11.2. The summed E-state index contributed by atoms with van der Waals surface area (Å²) < 4.78 is 17.4. The molecule has 1 amide bonds. The number of thioether (sulfide) groups is 1. The Hall–Kier alpha value is -3.53. The number of hydrazone groups is 1. The summed E-state index contributed by atoms with van der Waals surface area (Å²) in [6, 6.07) is 18.9. The second-order valence-corrected chi connectivity index (χ2v) is 10.4. The normalized spacial score (nSPS) is 14.4. The van der Waals surface area contributed by atoms with Crippen LogP contribution in [0.3, 0.4) is 0 Å². The molecule has 37 heavy (non-hydrogen) atoms. The maximum absolute atomic E-state index is 13.7. The molecule has 0 fully saturated rings. The number of methoxy groups -OCH3 is 3. The van der Waals surface area contributed by atoms with Gasteiger partial charge in [0.1, 0.15) is 0 Å². The summed E-state index contributed by atoms with van der Waals surface area (Å²) in [4.78, 5) is 19.3. The van der Waals surface area contributed by atoms with Gasteiger partial charge in [0.2, 0.25) is 10.9 Å². The predicted octanol–water partition coefficient (Wildman–Crippen LogP) is 6.55. The molecule has 1 aliphatic heterocycles. The Morgan fingerprint density at radius 2 is 1.70 bits per heavy atom. The second kappa shape index (κ2) is 10.8. The van der Waals surface area contributed by atoms with Crippen molar-refractivity contribution in [1.82, 2.24) is 4.98 Å². The summed E-state index contributed by atoms with van der Waals surface area (Å²) in [7, 11) is 4.66. The SMILES string of the molecule is COc1cc(/C=C2\C(=O)N(c3nc4ccccc4s3)N=C2CSc2ccc(Cl)cc2)cc(OC)c1OC. The number of carbonyl (C=O) groups excluding carboxylic acids is 1. The summed E-state index contributed by atoms with van der Waals surface area (Å²) in [6.07, 6.45) is 1.79. The van der Waals surface area contributed by atoms with Gasteiger partial charge in [-0.25, -0.2) is 4.98 Å². The maximum Gasteiger partial charge on any atom is 0.282 e. The van der Waals surface area contributed by atoms with Crippen LogP contribution in [0.4, 0.5) is 5.13 Å². The van der Waals surface area contributed by atoms with E-state index in [2.05, 4.69) is 4.98 Å². The van der Waals surface area contributed by atoms with Crippen molar-refractivity contribution in [2.45, 2.75) is 4.90 Å². The number of nitrogens with zero attached hydrogens (tertiary/aromatic N) is 3. The number of halogens is 1. The molecule has 0 N–H and O–H groups in total. The Labute approximate surface area is 227 Å². The van der Waals surface area contributed by atoms with Gasteiger partial charge in [-0.2, -0.15) is 10.1 Å². The van der Waals surface area contributed by atoms with E-state index in [0.717, 1.165) is 15.1 Å². The molecule has 0 saturated carbocycles. The first-order valence-corrected chi connectivity index (χ1v) is 13.4. The van der Waals surface area contributed by atoms with Gasteiger partial charge in [-0.15, -0.1) is 11.8 Å². The van der Waals surface area contributed by atoms with Crippen molar-refractivity contribution >= 4 is 67.7 Å². The number of thiazole rings is 1. The summed E-state index contributed by atoms with van der Waals surface area (Å²) >= 11 is 9.03. The molecule has 10 heteroatoms. The van der Waals surface area contributed by atoms with Crippen LogP contribution >= 0.6 is 34.7 Å². The van der Waals surface area contributed by atoms with Gasteiger partial charge in [0.15, 0.2) is 11.5 Å². The van der Waals surface area contributed by atoms with E-state index in [1.165, 1.54) is 16.3 Å². The number of hydrogen-bond donors (Lipinski definition) is 0. The standard InChI is InChI=1S/C27H22ClN3O4S2/c1-33-22-13-16(14-23(34-2)25(22)35-3)12-19-21(15-36-18-10-8-17(28)9-11-18)30-31(26(19)32)27-29-20-6-4-5-7-24(20)37-27/h4-14H,15H2,1-3H3/b19-12-. The van der Waals surface area contributed by atoms with Gasteiger partial charge in [0.25, 0.3) is 5.91 Å². The molecule has 0 spiro atoms. The molecule has 0 unspecified atom stereocenters. The van der Waals surface area contributed by atoms with Crippen LogP contribution in [0.15, 0.2) is 76.2 Å². The van der Waals surface area contributed by atoms with Gasteiger partial charge >= 0.3 is 0 Å². The van der Waals surface area contributed by atoms with E-state index < -0.39 is 0 Å². The Morgan fingerprint density at radius 3 is 2.35 bits per heavy atom. The zero-order chi connectivity index (χ0) is 25.9. The van der Waals surface area contributed by atoms with E-state index in [1.807, 2.05) is 48.5 Å². The van der Waals surface area contributed by atoms with Crippen LogP contribution in [0.25, 0.3) is 16.3 Å². The first-order chi connectivity index (χ1) is 18.0. The molecule has 0 aliphatic carbocycles. The number of anilines is 1. The van der Waals surface area contributed by atoms with Crippen molar-refractivity contribution in [2.24, 2.45) is 5.10 Å². The zero-order valence-corrected chi connectivity index (χ0v) is 22.6. The van der Waals surface area contributed by atoms with Gasteiger partial charge in [-0.1, -0.05) is 35.1 Å². The van der Waals surface area contributed by atoms with E-state index >= 15 is 0 Å². The van der Waals surface area contributed by atoms with Crippen LogP contribution in [0.5, 0.6) is 17.2 Å². The van der Waals surface area contributed by atoms with Gasteiger partial charge in [0, 0.05) is 15.7 Å². The molecule has 0 bridgehead atoms. The molecule has 188 valence electrons. The first kappa shape index (κ1) is 25.1. The van der Waals surface area contributed by atoms with Gasteiger partial charge in [0.05, 0.1) is 42.8 Å². The molecular weight excluding hydrogens is 530 g/mol. The fourth-order valence-electron chi connectivity index (χ4n) is 3.82. The third kappa shape index (κ3) is 5.16. The third-order valence-corrected chi connectivity index (χ3v) is 7.89. The molecule has 0 atom stereocenters. The van der Waals surface area contributed by atoms with E-state index in [1.54, 1.807) is 51.3 Å². The highest BCUT2D eigenvalue weighted by atomic mass is 35.5. The zero-order valence-electron chi connectivity index (χ0n) is 20.2. The fraction of sp³-hybridized carbons (Fsp3) is 0.148. The van der Waals surface area contributed by atoms with Crippen molar-refractivity contribution in [3.05, 3.63) is 76.8 Å². The van der Waals surface area contributed by atoms with Gasteiger partial charge < -0.3 is 14.2 Å². The fourth-order valence-corrected chi connectivity index (χ4v) is 5.71. The number of benzene rings is 3. The summed E-state index contributed by atoms with van der Waals surface area (Å²) in [6.45, 7) is 0. The Kier molecular flexibility index (Phi) is 7.36. The number of aromatic nitrogens is 1. The highest BCUT2D eigenvalue weighted by Crippen LogP contribution is 2.40. The molecule has 4 aromatic rings. The predicted molar refractivity (Wildman–Crippen MR) is 151 cm³/mol. The number of fused-ring (bicyclic) bond motifs is 1. The number of para-hydroxylation sites is 1. The summed E-state index contributed by atoms with van der Waals surface area (Å²) in [5.41, 5.74) is 2.64. The summed E-state index contributed by atoms with van der Waals surface area (Å²) in [5.74, 6) is 1.70. The van der Waals surface area contributed by atoms with E-state index in [9.17, 15) is 4.79 Å². The van der Waals surface area contributed by atoms with Crippen LogP contribution < -0.4 is 19.2 Å². The van der Waals surface area contributed by atoms with E-state index in [0.29, 0.717) is 50.0 Å². The molecular formula is C27H22ClN3O4S2. The lowest BCUT2D eigenvalue weighted by molar-refractivity contribution is -0.114. The largest absolute Gasteiger partial charge is 0.493 e. The topological polar surface area (TPSA) is 73.2 Å².